The molecule has 0 fully saturated rings. The number of carbonyl (C=O) groups excluding carboxylic acids is 2. The van der Waals surface area contributed by atoms with E-state index < -0.39 is 0 Å². The Morgan fingerprint density at radius 2 is 1.63 bits per heavy atom. The largest absolute Gasteiger partial charge is 0.359 e. The van der Waals surface area contributed by atoms with Crippen LogP contribution in [0.4, 0.5) is 16.2 Å². The zero-order chi connectivity index (χ0) is 26.5. The predicted molar refractivity (Wildman–Crippen MR) is 155 cm³/mol. The number of nitrogens with zero attached hydrogens (tertiary/aromatic N) is 2. The molecule has 0 spiro atoms. The standard InChI is InChI=1S/C29H24ClN5O2S/c1-31-25(36)14-7-18-5-8-19(9-6-18)24-16-38-28-26(32-17-33-27(24)28)20-10-12-22(13-11-20)34-29(37)35-23-4-2-3-21(30)15-23/h2-6,8-13,15-17H,7,14H2,1H3,(H,31,36)(H2,34,35,37). The van der Waals surface area contributed by atoms with E-state index in [1.165, 1.54) is 0 Å². The minimum Gasteiger partial charge on any atom is -0.359 e. The maximum atomic E-state index is 12.4. The number of amides is 3. The van der Waals surface area contributed by atoms with Gasteiger partial charge in [-0.05, 0) is 47.9 Å². The van der Waals surface area contributed by atoms with Gasteiger partial charge in [-0.25, -0.2) is 14.8 Å². The van der Waals surface area contributed by atoms with Gasteiger partial charge in [0.2, 0.25) is 5.91 Å². The number of hydrogen-bond donors (Lipinski definition) is 3. The Bertz CT molecular complexity index is 1600. The fourth-order valence-corrected chi connectivity index (χ4v) is 5.30. The summed E-state index contributed by atoms with van der Waals surface area (Å²) in [5, 5.41) is 10.9. The monoisotopic (exact) mass is 541 g/mol. The normalized spacial score (nSPS) is 10.8. The second kappa shape index (κ2) is 11.4. The van der Waals surface area contributed by atoms with Crippen LogP contribution in [0.25, 0.3) is 32.6 Å². The number of aryl methyl sites for hydroxylation is 1. The number of aromatic nitrogens is 2. The summed E-state index contributed by atoms with van der Waals surface area (Å²) in [4.78, 5) is 33.0. The molecular weight excluding hydrogens is 518 g/mol. The first-order chi connectivity index (χ1) is 18.5. The molecule has 3 aromatic carbocycles. The van der Waals surface area contributed by atoms with Gasteiger partial charge in [0.05, 0.1) is 15.9 Å². The highest BCUT2D eigenvalue weighted by Gasteiger charge is 2.14. The van der Waals surface area contributed by atoms with Crippen molar-refractivity contribution in [2.45, 2.75) is 12.8 Å². The number of hydrogen-bond acceptors (Lipinski definition) is 5. The molecule has 3 N–H and O–H groups in total. The van der Waals surface area contributed by atoms with Crippen LogP contribution in [-0.2, 0) is 11.2 Å². The first kappa shape index (κ1) is 25.4. The summed E-state index contributed by atoms with van der Waals surface area (Å²) in [5.74, 6) is 0.0340. The molecule has 0 saturated carbocycles. The first-order valence-electron chi connectivity index (χ1n) is 12.0. The van der Waals surface area contributed by atoms with Gasteiger partial charge in [-0.2, -0.15) is 0 Å². The van der Waals surface area contributed by atoms with E-state index in [0.29, 0.717) is 29.2 Å². The molecule has 0 atom stereocenters. The van der Waals surface area contributed by atoms with Gasteiger partial charge in [0.15, 0.2) is 0 Å². The molecule has 38 heavy (non-hydrogen) atoms. The second-order valence-electron chi connectivity index (χ2n) is 8.59. The van der Waals surface area contributed by atoms with Gasteiger partial charge >= 0.3 is 6.03 Å². The molecule has 0 aliphatic carbocycles. The number of nitrogens with one attached hydrogen (secondary N) is 3. The smallest absolute Gasteiger partial charge is 0.323 e. The molecular formula is C29H24ClN5O2S. The van der Waals surface area contributed by atoms with Crippen molar-refractivity contribution >= 4 is 56.5 Å². The third kappa shape index (κ3) is 5.82. The van der Waals surface area contributed by atoms with Crippen LogP contribution < -0.4 is 16.0 Å². The minimum absolute atomic E-state index is 0.0340. The molecule has 5 rings (SSSR count). The molecule has 0 unspecified atom stereocenters. The van der Waals surface area contributed by atoms with Crippen molar-refractivity contribution in [2.75, 3.05) is 17.7 Å². The number of urea groups is 1. The van der Waals surface area contributed by atoms with E-state index >= 15 is 0 Å². The van der Waals surface area contributed by atoms with Crippen molar-refractivity contribution in [3.63, 3.8) is 0 Å². The van der Waals surface area contributed by atoms with Crippen LogP contribution in [0.1, 0.15) is 12.0 Å². The van der Waals surface area contributed by atoms with E-state index in [0.717, 1.165) is 38.2 Å². The molecule has 2 aromatic heterocycles. The van der Waals surface area contributed by atoms with Gasteiger partial charge in [0, 0.05) is 46.4 Å². The average Bonchev–Trinajstić information content (AvgIpc) is 3.37. The van der Waals surface area contributed by atoms with Gasteiger partial charge in [-0.15, -0.1) is 11.3 Å². The fourth-order valence-electron chi connectivity index (χ4n) is 4.07. The Labute approximate surface area is 228 Å². The lowest BCUT2D eigenvalue weighted by atomic mass is 10.0. The van der Waals surface area contributed by atoms with Crippen LogP contribution in [0.5, 0.6) is 0 Å². The average molecular weight is 542 g/mol. The lowest BCUT2D eigenvalue weighted by Gasteiger charge is -2.09. The van der Waals surface area contributed by atoms with Crippen LogP contribution in [0, 0.1) is 0 Å². The molecule has 7 nitrogen and oxygen atoms in total. The molecule has 0 aliphatic heterocycles. The van der Waals surface area contributed by atoms with Crippen molar-refractivity contribution in [3.05, 3.63) is 95.1 Å². The number of rotatable bonds is 7. The van der Waals surface area contributed by atoms with Gasteiger partial charge in [-0.3, -0.25) is 4.79 Å². The number of anilines is 2. The number of fused-ring (bicyclic) bond motifs is 1. The molecule has 0 aliphatic rings. The van der Waals surface area contributed by atoms with Gasteiger partial charge in [0.1, 0.15) is 6.33 Å². The molecule has 9 heteroatoms. The summed E-state index contributed by atoms with van der Waals surface area (Å²) in [5.41, 5.74) is 7.14. The fraction of sp³-hybridized carbons (Fsp3) is 0.103. The summed E-state index contributed by atoms with van der Waals surface area (Å²) in [7, 11) is 1.65. The van der Waals surface area contributed by atoms with E-state index in [1.54, 1.807) is 49.0 Å². The Balaban J connectivity index is 1.31. The third-order valence-electron chi connectivity index (χ3n) is 6.04. The van der Waals surface area contributed by atoms with E-state index in [-0.39, 0.29) is 11.9 Å². The van der Waals surface area contributed by atoms with Crippen LogP contribution in [0.15, 0.2) is 84.5 Å². The molecule has 3 amide bonds. The molecule has 0 radical (unpaired) electrons. The molecule has 190 valence electrons. The number of halogens is 1. The van der Waals surface area contributed by atoms with Gasteiger partial charge < -0.3 is 16.0 Å². The SMILES string of the molecule is CNC(=O)CCc1ccc(-c2csc3c(-c4ccc(NC(=O)Nc5cccc(Cl)c5)cc4)ncnc23)cc1. The van der Waals surface area contributed by atoms with Crippen molar-refractivity contribution in [1.29, 1.82) is 0 Å². The Hall–Kier alpha value is -4.27. The van der Waals surface area contributed by atoms with E-state index in [2.05, 4.69) is 55.6 Å². The topological polar surface area (TPSA) is 96.0 Å². The summed E-state index contributed by atoms with van der Waals surface area (Å²) >= 11 is 7.58. The van der Waals surface area contributed by atoms with Crippen molar-refractivity contribution in [3.8, 4) is 22.4 Å². The maximum absolute atomic E-state index is 12.4. The molecule has 0 bridgehead atoms. The summed E-state index contributed by atoms with van der Waals surface area (Å²) in [6.45, 7) is 0. The highest BCUT2D eigenvalue weighted by molar-refractivity contribution is 7.18. The number of thiophene rings is 1. The predicted octanol–water partition coefficient (Wildman–Crippen LogP) is 7.00. The maximum Gasteiger partial charge on any atom is 0.323 e. The number of benzene rings is 3. The van der Waals surface area contributed by atoms with Crippen LogP contribution in [0.3, 0.4) is 0 Å². The summed E-state index contributed by atoms with van der Waals surface area (Å²) in [6, 6.07) is 22.4. The van der Waals surface area contributed by atoms with Crippen LogP contribution in [-0.4, -0.2) is 29.0 Å². The minimum atomic E-state index is -0.355. The quantitative estimate of drug-likeness (QED) is 0.207. The van der Waals surface area contributed by atoms with Gasteiger partial charge in [-0.1, -0.05) is 54.1 Å². The molecule has 0 saturated heterocycles. The first-order valence-corrected chi connectivity index (χ1v) is 13.2. The summed E-state index contributed by atoms with van der Waals surface area (Å²) in [6.07, 6.45) is 2.74. The lowest BCUT2D eigenvalue weighted by molar-refractivity contribution is -0.120. The Morgan fingerprint density at radius 1 is 0.895 bits per heavy atom. The van der Waals surface area contributed by atoms with Crippen LogP contribution >= 0.6 is 22.9 Å². The number of carbonyl (C=O) groups is 2. The Morgan fingerprint density at radius 3 is 2.37 bits per heavy atom. The second-order valence-corrected chi connectivity index (χ2v) is 9.90. The van der Waals surface area contributed by atoms with Crippen LogP contribution in [0.2, 0.25) is 5.02 Å². The van der Waals surface area contributed by atoms with Gasteiger partial charge in [0.25, 0.3) is 0 Å². The van der Waals surface area contributed by atoms with Crippen molar-refractivity contribution in [1.82, 2.24) is 15.3 Å². The third-order valence-corrected chi connectivity index (χ3v) is 7.25. The van der Waals surface area contributed by atoms with E-state index in [9.17, 15) is 9.59 Å². The highest BCUT2D eigenvalue weighted by atomic mass is 35.5. The molecule has 2 heterocycles. The van der Waals surface area contributed by atoms with E-state index in [1.807, 2.05) is 24.3 Å². The Kier molecular flexibility index (Phi) is 7.62. The van der Waals surface area contributed by atoms with Crippen molar-refractivity contribution < 1.29 is 9.59 Å². The molecule has 5 aromatic rings. The van der Waals surface area contributed by atoms with E-state index in [4.69, 9.17) is 11.6 Å². The zero-order valence-corrected chi connectivity index (χ0v) is 22.1. The summed E-state index contributed by atoms with van der Waals surface area (Å²) < 4.78 is 0.991. The zero-order valence-electron chi connectivity index (χ0n) is 20.5. The lowest BCUT2D eigenvalue weighted by Crippen LogP contribution is -2.19. The van der Waals surface area contributed by atoms with Crippen molar-refractivity contribution in [2.24, 2.45) is 0 Å². The highest BCUT2D eigenvalue weighted by Crippen LogP contribution is 2.37.